The van der Waals surface area contributed by atoms with Crippen LogP contribution in [0.15, 0.2) is 73.1 Å². The summed E-state index contributed by atoms with van der Waals surface area (Å²) < 4.78 is 5.77. The van der Waals surface area contributed by atoms with Gasteiger partial charge < -0.3 is 20.3 Å². The molecule has 0 unspecified atom stereocenters. The molecule has 1 aromatic heterocycles. The van der Waals surface area contributed by atoms with Crippen LogP contribution < -0.4 is 20.3 Å². The second-order valence-electron chi connectivity index (χ2n) is 9.10. The Morgan fingerprint density at radius 1 is 0.973 bits per heavy atom. The molecular weight excluding hydrogens is 472 g/mol. The first-order valence-electron chi connectivity index (χ1n) is 12.3. The number of imide groups is 1. The van der Waals surface area contributed by atoms with Crippen molar-refractivity contribution in [3.05, 3.63) is 78.6 Å². The maximum atomic E-state index is 13.2. The molecule has 0 aliphatic carbocycles. The number of aromatic nitrogens is 2. The highest BCUT2D eigenvalue weighted by molar-refractivity contribution is 6.07. The number of nitrogens with one attached hydrogen (secondary N) is 2. The van der Waals surface area contributed by atoms with Crippen LogP contribution in [0.4, 0.5) is 16.4 Å². The summed E-state index contributed by atoms with van der Waals surface area (Å²) in [5.41, 5.74) is 0.744. The maximum Gasteiger partial charge on any atom is 0.325 e. The second kappa shape index (κ2) is 10.7. The van der Waals surface area contributed by atoms with Crippen LogP contribution in [0.3, 0.4) is 0 Å². The fourth-order valence-electron chi connectivity index (χ4n) is 4.57. The molecule has 190 valence electrons. The lowest BCUT2D eigenvalue weighted by atomic mass is 9.87. The van der Waals surface area contributed by atoms with Crippen molar-refractivity contribution < 1.29 is 19.1 Å². The minimum Gasteiger partial charge on any atom is -0.489 e. The number of ether oxygens (including phenoxy) is 1. The summed E-state index contributed by atoms with van der Waals surface area (Å²) in [7, 11) is 0. The Balaban J connectivity index is 1.09. The smallest absolute Gasteiger partial charge is 0.325 e. The van der Waals surface area contributed by atoms with Gasteiger partial charge in [0.25, 0.3) is 5.91 Å². The van der Waals surface area contributed by atoms with Gasteiger partial charge in [-0.3, -0.25) is 14.5 Å². The highest BCUT2D eigenvalue weighted by atomic mass is 16.5. The van der Waals surface area contributed by atoms with Gasteiger partial charge in [0.15, 0.2) is 0 Å². The third kappa shape index (κ3) is 5.53. The lowest BCUT2D eigenvalue weighted by Gasteiger charge is -2.37. The van der Waals surface area contributed by atoms with Crippen LogP contribution >= 0.6 is 0 Å². The molecule has 0 saturated carbocycles. The van der Waals surface area contributed by atoms with Gasteiger partial charge in [-0.1, -0.05) is 30.3 Å². The molecule has 0 atom stereocenters. The summed E-state index contributed by atoms with van der Waals surface area (Å²) in [6.07, 6.45) is 4.27. The molecule has 3 aromatic rings. The average Bonchev–Trinajstić information content (AvgIpc) is 3.16. The van der Waals surface area contributed by atoms with Crippen LogP contribution in [0, 0.1) is 0 Å². The van der Waals surface area contributed by atoms with E-state index in [0.29, 0.717) is 49.9 Å². The van der Waals surface area contributed by atoms with Crippen LogP contribution in [0.5, 0.6) is 5.75 Å². The van der Waals surface area contributed by atoms with Gasteiger partial charge in [-0.2, -0.15) is 0 Å². The molecule has 2 saturated heterocycles. The van der Waals surface area contributed by atoms with E-state index in [-0.39, 0.29) is 24.8 Å². The molecule has 37 heavy (non-hydrogen) atoms. The van der Waals surface area contributed by atoms with Crippen LogP contribution in [-0.4, -0.2) is 57.9 Å². The Kier molecular flexibility index (Phi) is 6.98. The minimum atomic E-state index is -0.936. The molecule has 1 spiro atoms. The summed E-state index contributed by atoms with van der Waals surface area (Å²) in [4.78, 5) is 49.9. The molecule has 2 N–H and O–H groups in total. The van der Waals surface area contributed by atoms with E-state index < -0.39 is 11.6 Å². The summed E-state index contributed by atoms with van der Waals surface area (Å²) in [6.45, 7) is 1.57. The van der Waals surface area contributed by atoms with Crippen LogP contribution in [-0.2, 0) is 16.2 Å². The summed E-state index contributed by atoms with van der Waals surface area (Å²) in [6, 6.07) is 18.2. The minimum absolute atomic E-state index is 0.00544. The molecule has 2 aliphatic rings. The van der Waals surface area contributed by atoms with E-state index in [4.69, 9.17) is 4.74 Å². The summed E-state index contributed by atoms with van der Waals surface area (Å²) >= 11 is 0. The predicted molar refractivity (Wildman–Crippen MR) is 137 cm³/mol. The van der Waals surface area contributed by atoms with E-state index in [1.165, 1.54) is 0 Å². The molecule has 2 aliphatic heterocycles. The Morgan fingerprint density at radius 3 is 2.38 bits per heavy atom. The van der Waals surface area contributed by atoms with E-state index >= 15 is 0 Å². The van der Waals surface area contributed by atoms with Gasteiger partial charge >= 0.3 is 6.03 Å². The normalized spacial score (nSPS) is 16.5. The van der Waals surface area contributed by atoms with Gasteiger partial charge in [0.05, 0.1) is 0 Å². The SMILES string of the molecule is O=C(CCN1C(=O)NC2(CCN(c3ncccn3)CC2)C1=O)Nc1ccc(OCc2ccccc2)cc1. The van der Waals surface area contributed by atoms with E-state index in [1.54, 1.807) is 42.7 Å². The largest absolute Gasteiger partial charge is 0.489 e. The van der Waals surface area contributed by atoms with Gasteiger partial charge in [-0.15, -0.1) is 0 Å². The highest BCUT2D eigenvalue weighted by Crippen LogP contribution is 2.30. The second-order valence-corrected chi connectivity index (χ2v) is 9.10. The quantitative estimate of drug-likeness (QED) is 0.457. The Labute approximate surface area is 214 Å². The van der Waals surface area contributed by atoms with Gasteiger partial charge in [-0.25, -0.2) is 14.8 Å². The van der Waals surface area contributed by atoms with Crippen LogP contribution in [0.2, 0.25) is 0 Å². The van der Waals surface area contributed by atoms with Crippen molar-refractivity contribution >= 4 is 29.5 Å². The zero-order chi connectivity index (χ0) is 25.7. The molecule has 0 bridgehead atoms. The molecule has 2 aromatic carbocycles. The number of anilines is 2. The van der Waals surface area contributed by atoms with E-state index in [2.05, 4.69) is 20.6 Å². The fraction of sp³-hybridized carbons (Fsp3) is 0.296. The number of amides is 4. The van der Waals surface area contributed by atoms with Crippen molar-refractivity contribution in [2.75, 3.05) is 29.9 Å². The summed E-state index contributed by atoms with van der Waals surface area (Å²) in [5.74, 6) is 0.740. The number of piperidine rings is 1. The van der Waals surface area contributed by atoms with Crippen molar-refractivity contribution in [2.24, 2.45) is 0 Å². The van der Waals surface area contributed by atoms with Crippen LogP contribution in [0.1, 0.15) is 24.8 Å². The molecule has 5 rings (SSSR count). The van der Waals surface area contributed by atoms with Gasteiger partial charge in [0.2, 0.25) is 11.9 Å². The Morgan fingerprint density at radius 2 is 1.68 bits per heavy atom. The zero-order valence-corrected chi connectivity index (χ0v) is 20.3. The van der Waals surface area contributed by atoms with Crippen molar-refractivity contribution in [1.82, 2.24) is 20.2 Å². The molecule has 3 heterocycles. The van der Waals surface area contributed by atoms with Crippen molar-refractivity contribution in [3.63, 3.8) is 0 Å². The van der Waals surface area contributed by atoms with Crippen molar-refractivity contribution in [1.29, 1.82) is 0 Å². The Bertz CT molecular complexity index is 1240. The number of carbonyl (C=O) groups excluding carboxylic acids is 3. The number of hydrogen-bond donors (Lipinski definition) is 2. The summed E-state index contributed by atoms with van der Waals surface area (Å²) in [5, 5.41) is 5.68. The molecule has 4 amide bonds. The number of urea groups is 1. The number of hydrogen-bond acceptors (Lipinski definition) is 7. The van der Waals surface area contributed by atoms with E-state index in [9.17, 15) is 14.4 Å². The van der Waals surface area contributed by atoms with Crippen LogP contribution in [0.25, 0.3) is 0 Å². The molecule has 10 heteroatoms. The van der Waals surface area contributed by atoms with Gasteiger partial charge in [0.1, 0.15) is 17.9 Å². The third-order valence-electron chi connectivity index (χ3n) is 6.65. The number of nitrogens with zero attached hydrogens (tertiary/aromatic N) is 4. The first-order valence-corrected chi connectivity index (χ1v) is 12.3. The van der Waals surface area contributed by atoms with E-state index in [0.717, 1.165) is 10.5 Å². The Hall–Kier alpha value is -4.47. The van der Waals surface area contributed by atoms with Gasteiger partial charge in [0, 0.05) is 44.1 Å². The first-order chi connectivity index (χ1) is 18.0. The first kappa shape index (κ1) is 24.2. The molecule has 10 nitrogen and oxygen atoms in total. The standard InChI is InChI=1S/C27H28N6O4/c34-23(30-21-7-9-22(10-8-21)37-19-20-5-2-1-3-6-20)11-16-33-24(35)27(31-26(33)36)12-17-32(18-13-27)25-28-14-4-15-29-25/h1-10,14-15H,11-13,16-19H2,(H,30,34)(H,31,36). The van der Waals surface area contributed by atoms with Crippen molar-refractivity contribution in [3.8, 4) is 5.75 Å². The topological polar surface area (TPSA) is 117 Å². The van der Waals surface area contributed by atoms with Crippen molar-refractivity contribution in [2.45, 2.75) is 31.4 Å². The molecule has 0 radical (unpaired) electrons. The lowest BCUT2D eigenvalue weighted by Crippen LogP contribution is -2.55. The number of carbonyl (C=O) groups is 3. The highest BCUT2D eigenvalue weighted by Gasteiger charge is 2.52. The third-order valence-corrected chi connectivity index (χ3v) is 6.65. The predicted octanol–water partition coefficient (Wildman–Crippen LogP) is 2.98. The van der Waals surface area contributed by atoms with Gasteiger partial charge in [-0.05, 0) is 48.7 Å². The fourth-order valence-corrected chi connectivity index (χ4v) is 4.57. The van der Waals surface area contributed by atoms with E-state index in [1.807, 2.05) is 35.2 Å². The zero-order valence-electron chi connectivity index (χ0n) is 20.3. The average molecular weight is 501 g/mol. The number of rotatable bonds is 8. The lowest BCUT2D eigenvalue weighted by molar-refractivity contribution is -0.132. The molecule has 2 fully saturated rings. The molecular formula is C27H28N6O4. The number of benzene rings is 2. The monoisotopic (exact) mass is 500 g/mol. The maximum absolute atomic E-state index is 13.2.